The smallest absolute Gasteiger partial charge is 0.163 e. The summed E-state index contributed by atoms with van der Waals surface area (Å²) >= 11 is 0. The zero-order valence-electron chi connectivity index (χ0n) is 13.0. The van der Waals surface area contributed by atoms with E-state index in [4.69, 9.17) is 9.47 Å². The van der Waals surface area contributed by atoms with Gasteiger partial charge in [-0.25, -0.2) is 0 Å². The van der Waals surface area contributed by atoms with Gasteiger partial charge >= 0.3 is 0 Å². The summed E-state index contributed by atoms with van der Waals surface area (Å²) < 4.78 is 11.2. The molecule has 4 nitrogen and oxygen atoms in total. The minimum absolute atomic E-state index is 0.0427. The van der Waals surface area contributed by atoms with Crippen molar-refractivity contribution in [3.05, 3.63) is 29.8 Å². The first-order valence-corrected chi connectivity index (χ1v) is 7.66. The van der Waals surface area contributed by atoms with E-state index in [0.717, 1.165) is 45.1 Å². The molecular formula is C17H25NO3. The highest BCUT2D eigenvalue weighted by Gasteiger charge is 2.15. The van der Waals surface area contributed by atoms with Gasteiger partial charge in [0, 0.05) is 26.3 Å². The lowest BCUT2D eigenvalue weighted by atomic mass is 10.00. The van der Waals surface area contributed by atoms with E-state index >= 15 is 0 Å². The van der Waals surface area contributed by atoms with Crippen molar-refractivity contribution in [2.24, 2.45) is 5.92 Å². The molecule has 1 fully saturated rings. The van der Waals surface area contributed by atoms with Crippen molar-refractivity contribution in [2.45, 2.75) is 19.8 Å². The van der Waals surface area contributed by atoms with E-state index in [2.05, 4.69) is 11.9 Å². The van der Waals surface area contributed by atoms with Crippen molar-refractivity contribution < 1.29 is 14.3 Å². The third-order valence-electron chi connectivity index (χ3n) is 3.91. The topological polar surface area (TPSA) is 38.8 Å². The van der Waals surface area contributed by atoms with Crippen LogP contribution in [-0.4, -0.2) is 50.6 Å². The number of benzene rings is 1. The maximum Gasteiger partial charge on any atom is 0.163 e. The molecule has 1 aliphatic heterocycles. The fourth-order valence-electron chi connectivity index (χ4n) is 2.66. The number of ether oxygens (including phenoxy) is 2. The molecule has 0 N–H and O–H groups in total. The van der Waals surface area contributed by atoms with E-state index in [1.54, 1.807) is 6.92 Å². The first-order valence-electron chi connectivity index (χ1n) is 7.66. The normalized spacial score (nSPS) is 16.1. The second-order valence-electron chi connectivity index (χ2n) is 5.72. The molecule has 0 bridgehead atoms. The van der Waals surface area contributed by atoms with Crippen LogP contribution in [0.15, 0.2) is 24.3 Å². The van der Waals surface area contributed by atoms with Gasteiger partial charge in [-0.3, -0.25) is 4.79 Å². The lowest BCUT2D eigenvalue weighted by Gasteiger charge is -2.27. The quantitative estimate of drug-likeness (QED) is 0.724. The fourth-order valence-corrected chi connectivity index (χ4v) is 2.66. The summed E-state index contributed by atoms with van der Waals surface area (Å²) in [7, 11) is 2.12. The largest absolute Gasteiger partial charge is 0.491 e. The Hall–Kier alpha value is -1.39. The molecule has 1 saturated heterocycles. The number of carbonyl (C=O) groups excluding carboxylic acids is 1. The molecule has 1 aromatic rings. The van der Waals surface area contributed by atoms with Crippen molar-refractivity contribution in [1.29, 1.82) is 0 Å². The number of likely N-dealkylation sites (N-methyl/N-ethyl adjacent to an activating group) is 1. The Kier molecular flexibility index (Phi) is 6.21. The van der Waals surface area contributed by atoms with E-state index in [1.165, 1.54) is 0 Å². The lowest BCUT2D eigenvalue weighted by Crippen LogP contribution is -2.32. The highest BCUT2D eigenvalue weighted by molar-refractivity contribution is 5.96. The average molecular weight is 291 g/mol. The molecule has 1 aliphatic rings. The first kappa shape index (κ1) is 16.0. The summed E-state index contributed by atoms with van der Waals surface area (Å²) in [6.07, 6.45) is 2.30. The van der Waals surface area contributed by atoms with E-state index in [0.29, 0.717) is 17.9 Å². The molecule has 0 radical (unpaired) electrons. The molecule has 1 aromatic carbocycles. The van der Waals surface area contributed by atoms with Crippen molar-refractivity contribution in [1.82, 2.24) is 4.90 Å². The molecule has 0 amide bonds. The van der Waals surface area contributed by atoms with E-state index in [9.17, 15) is 4.79 Å². The summed E-state index contributed by atoms with van der Waals surface area (Å²) in [6, 6.07) is 7.42. The highest BCUT2D eigenvalue weighted by Crippen LogP contribution is 2.18. The molecule has 0 saturated carbocycles. The van der Waals surface area contributed by atoms with Crippen LogP contribution in [-0.2, 0) is 4.74 Å². The number of ketones is 1. The number of rotatable bonds is 7. The van der Waals surface area contributed by atoms with Crippen LogP contribution in [0.1, 0.15) is 30.1 Å². The van der Waals surface area contributed by atoms with Crippen LogP contribution >= 0.6 is 0 Å². The zero-order valence-corrected chi connectivity index (χ0v) is 13.0. The summed E-state index contributed by atoms with van der Waals surface area (Å²) in [6.45, 7) is 5.90. The van der Waals surface area contributed by atoms with Crippen LogP contribution in [0.2, 0.25) is 0 Å². The monoisotopic (exact) mass is 291 g/mol. The Labute approximate surface area is 127 Å². The summed E-state index contributed by atoms with van der Waals surface area (Å²) in [5.74, 6) is 1.46. The van der Waals surface area contributed by atoms with E-state index in [-0.39, 0.29) is 5.78 Å². The summed E-state index contributed by atoms with van der Waals surface area (Å²) in [5, 5.41) is 0. The van der Waals surface area contributed by atoms with Gasteiger partial charge in [-0.15, -0.1) is 0 Å². The molecule has 0 atom stereocenters. The molecule has 4 heteroatoms. The average Bonchev–Trinajstić information content (AvgIpc) is 2.48. The van der Waals surface area contributed by atoms with Gasteiger partial charge in [0.25, 0.3) is 0 Å². The molecule has 0 unspecified atom stereocenters. The Morgan fingerprint density at radius 1 is 1.33 bits per heavy atom. The predicted molar refractivity (Wildman–Crippen MR) is 83.0 cm³/mol. The Morgan fingerprint density at radius 2 is 2.05 bits per heavy atom. The Morgan fingerprint density at radius 3 is 2.76 bits per heavy atom. The van der Waals surface area contributed by atoms with Crippen LogP contribution in [0.3, 0.4) is 0 Å². The zero-order chi connectivity index (χ0) is 15.1. The van der Waals surface area contributed by atoms with Crippen molar-refractivity contribution in [3.63, 3.8) is 0 Å². The molecule has 1 heterocycles. The number of nitrogens with zero attached hydrogens (tertiary/aromatic N) is 1. The molecular weight excluding hydrogens is 266 g/mol. The van der Waals surface area contributed by atoms with Crippen LogP contribution in [0.25, 0.3) is 0 Å². The van der Waals surface area contributed by atoms with Crippen molar-refractivity contribution in [3.8, 4) is 5.75 Å². The van der Waals surface area contributed by atoms with Crippen LogP contribution < -0.4 is 4.74 Å². The number of hydrogen-bond acceptors (Lipinski definition) is 4. The SMILES string of the molecule is CC(=O)c1ccccc1OCCN(C)CC1CCOCC1. The van der Waals surface area contributed by atoms with Gasteiger partial charge in [0.05, 0.1) is 5.56 Å². The summed E-state index contributed by atoms with van der Waals surface area (Å²) in [4.78, 5) is 13.8. The van der Waals surface area contributed by atoms with Gasteiger partial charge in [0.15, 0.2) is 5.78 Å². The molecule has 0 aliphatic carbocycles. The molecule has 0 aromatic heterocycles. The van der Waals surface area contributed by atoms with Crippen LogP contribution in [0.4, 0.5) is 0 Å². The third kappa shape index (κ3) is 5.14. The minimum atomic E-state index is 0.0427. The fraction of sp³-hybridized carbons (Fsp3) is 0.588. The molecule has 116 valence electrons. The van der Waals surface area contributed by atoms with Crippen LogP contribution in [0, 0.1) is 5.92 Å². The maximum atomic E-state index is 11.5. The van der Waals surface area contributed by atoms with Gasteiger partial charge in [-0.1, -0.05) is 12.1 Å². The predicted octanol–water partition coefficient (Wildman–Crippen LogP) is 2.63. The van der Waals surface area contributed by atoms with Gasteiger partial charge in [0.2, 0.25) is 0 Å². The van der Waals surface area contributed by atoms with Crippen molar-refractivity contribution in [2.75, 3.05) is 40.0 Å². The Balaban J connectivity index is 1.74. The second-order valence-corrected chi connectivity index (χ2v) is 5.72. The molecule has 0 spiro atoms. The molecule has 21 heavy (non-hydrogen) atoms. The molecule has 2 rings (SSSR count). The standard InChI is InChI=1S/C17H25NO3/c1-14(19)16-5-3-4-6-17(16)21-12-9-18(2)13-15-7-10-20-11-8-15/h3-6,15H,7-13H2,1-2H3. The highest BCUT2D eigenvalue weighted by atomic mass is 16.5. The minimum Gasteiger partial charge on any atom is -0.491 e. The lowest BCUT2D eigenvalue weighted by molar-refractivity contribution is 0.0543. The van der Waals surface area contributed by atoms with Crippen molar-refractivity contribution >= 4 is 5.78 Å². The van der Waals surface area contributed by atoms with E-state index in [1.807, 2.05) is 24.3 Å². The summed E-state index contributed by atoms with van der Waals surface area (Å²) in [5.41, 5.74) is 0.657. The van der Waals surface area contributed by atoms with Gasteiger partial charge in [-0.2, -0.15) is 0 Å². The number of Topliss-reactive ketones (excluding diaryl/α,β-unsaturated/α-hetero) is 1. The van der Waals surface area contributed by atoms with Gasteiger partial charge in [0.1, 0.15) is 12.4 Å². The number of hydrogen-bond donors (Lipinski definition) is 0. The third-order valence-corrected chi connectivity index (χ3v) is 3.91. The second kappa shape index (κ2) is 8.15. The van der Waals surface area contributed by atoms with E-state index < -0.39 is 0 Å². The maximum absolute atomic E-state index is 11.5. The number of para-hydroxylation sites is 1. The number of carbonyl (C=O) groups is 1. The van der Waals surface area contributed by atoms with Gasteiger partial charge in [-0.05, 0) is 44.9 Å². The van der Waals surface area contributed by atoms with Gasteiger partial charge < -0.3 is 14.4 Å². The van der Waals surface area contributed by atoms with Crippen LogP contribution in [0.5, 0.6) is 5.75 Å². The Bertz CT molecular complexity index is 455. The first-order chi connectivity index (χ1) is 10.2.